The lowest BCUT2D eigenvalue weighted by Gasteiger charge is -2.35. The van der Waals surface area contributed by atoms with Crippen molar-refractivity contribution in [2.45, 2.75) is 39.2 Å². The number of anilines is 1. The predicted molar refractivity (Wildman–Crippen MR) is 138 cm³/mol. The topological polar surface area (TPSA) is 99.4 Å². The number of carbonyl (C=O) groups excluding carboxylic acids is 1. The molecule has 1 N–H and O–H groups in total. The lowest BCUT2D eigenvalue weighted by molar-refractivity contribution is -0.0473. The molecule has 0 spiro atoms. The average molecular weight is 589 g/mol. The van der Waals surface area contributed by atoms with Crippen LogP contribution in [0.2, 0.25) is 5.02 Å². The van der Waals surface area contributed by atoms with E-state index in [9.17, 15) is 30.8 Å². The highest BCUT2D eigenvalue weighted by Gasteiger charge is 2.52. The van der Waals surface area contributed by atoms with Crippen molar-refractivity contribution in [1.29, 1.82) is 0 Å². The number of aromatic nitrogens is 2. The van der Waals surface area contributed by atoms with Gasteiger partial charge in [-0.15, -0.1) is 0 Å². The second-order valence-corrected chi connectivity index (χ2v) is 11.4. The van der Waals surface area contributed by atoms with Gasteiger partial charge in [-0.2, -0.15) is 26.7 Å². The SMILES string of the molecule is CCc1nc2c(F)cc(Cl)cn2c1C(=O)NCc1ccc(N2CCN(S(=O)(=O)C(F)(F)F)C(C(C)C)=N2)cc1. The van der Waals surface area contributed by atoms with E-state index in [1.54, 1.807) is 45.0 Å². The average Bonchev–Trinajstić information content (AvgIpc) is 3.25. The molecule has 0 radical (unpaired) electrons. The standard InChI is InChI=1S/C24H25ClF4N6O3S/c1-4-19-20(33-13-16(25)11-18(26)22(33)31-19)23(36)30-12-15-5-7-17(8-6-15)34-9-10-35(21(32-34)14(2)3)39(37,38)24(27,28)29/h5-8,11,13-14H,4,9-10,12H2,1-3H3,(H,30,36). The molecule has 0 saturated carbocycles. The Bertz CT molecular complexity index is 1540. The van der Waals surface area contributed by atoms with Gasteiger partial charge in [0.2, 0.25) is 0 Å². The van der Waals surface area contributed by atoms with Crippen LogP contribution in [0.4, 0.5) is 23.2 Å². The molecular formula is C24H25ClF4N6O3S. The van der Waals surface area contributed by atoms with Gasteiger partial charge in [0.1, 0.15) is 11.5 Å². The Kier molecular flexibility index (Phi) is 7.81. The normalized spacial score (nSPS) is 14.7. The molecule has 3 aromatic rings. The van der Waals surface area contributed by atoms with E-state index >= 15 is 0 Å². The maximum atomic E-state index is 14.3. The number of imidazole rings is 1. The third kappa shape index (κ3) is 5.53. The van der Waals surface area contributed by atoms with Crippen molar-refractivity contribution in [3.05, 3.63) is 64.3 Å². The van der Waals surface area contributed by atoms with Gasteiger partial charge in [-0.25, -0.2) is 13.7 Å². The monoisotopic (exact) mass is 588 g/mol. The molecule has 1 aliphatic rings. The van der Waals surface area contributed by atoms with E-state index in [1.807, 2.05) is 0 Å². The van der Waals surface area contributed by atoms with Crippen LogP contribution in [0.25, 0.3) is 5.65 Å². The molecule has 1 amide bonds. The number of hydrazone groups is 1. The third-order valence-corrected chi connectivity index (χ3v) is 7.79. The predicted octanol–water partition coefficient (Wildman–Crippen LogP) is 4.56. The first kappa shape index (κ1) is 28.6. The van der Waals surface area contributed by atoms with E-state index in [0.29, 0.717) is 27.7 Å². The van der Waals surface area contributed by atoms with Crippen LogP contribution >= 0.6 is 11.6 Å². The number of benzene rings is 1. The fourth-order valence-corrected chi connectivity index (χ4v) is 5.40. The summed E-state index contributed by atoms with van der Waals surface area (Å²) in [6.07, 6.45) is 1.81. The van der Waals surface area contributed by atoms with Gasteiger partial charge in [-0.3, -0.25) is 14.2 Å². The van der Waals surface area contributed by atoms with Crippen molar-refractivity contribution in [1.82, 2.24) is 19.0 Å². The Morgan fingerprint density at radius 3 is 2.44 bits per heavy atom. The molecule has 39 heavy (non-hydrogen) atoms. The van der Waals surface area contributed by atoms with E-state index < -0.39 is 39.7 Å². The van der Waals surface area contributed by atoms with E-state index in [1.165, 1.54) is 15.6 Å². The van der Waals surface area contributed by atoms with Gasteiger partial charge in [0.05, 0.1) is 29.5 Å². The second kappa shape index (κ2) is 10.6. The number of nitrogens with one attached hydrogen (secondary N) is 1. The summed E-state index contributed by atoms with van der Waals surface area (Å²) < 4.78 is 79.3. The van der Waals surface area contributed by atoms with Gasteiger partial charge >= 0.3 is 15.5 Å². The molecule has 0 unspecified atom stereocenters. The Balaban J connectivity index is 1.50. The number of sulfonamides is 1. The molecule has 15 heteroatoms. The van der Waals surface area contributed by atoms with Crippen molar-refractivity contribution in [3.63, 3.8) is 0 Å². The molecule has 9 nitrogen and oxygen atoms in total. The number of alkyl halides is 3. The molecule has 0 saturated heterocycles. The molecular weight excluding hydrogens is 564 g/mol. The first-order valence-corrected chi connectivity index (χ1v) is 13.7. The van der Waals surface area contributed by atoms with Gasteiger partial charge in [0.15, 0.2) is 11.5 Å². The van der Waals surface area contributed by atoms with Crippen LogP contribution in [-0.2, 0) is 23.0 Å². The summed E-state index contributed by atoms with van der Waals surface area (Å²) in [6, 6.07) is 7.85. The number of nitrogens with zero attached hydrogens (tertiary/aromatic N) is 5. The number of amidine groups is 1. The van der Waals surface area contributed by atoms with Crippen LogP contribution in [0.1, 0.15) is 42.5 Å². The first-order chi connectivity index (χ1) is 18.2. The lowest BCUT2D eigenvalue weighted by Crippen LogP contribution is -2.52. The van der Waals surface area contributed by atoms with Crippen molar-refractivity contribution in [2.24, 2.45) is 11.0 Å². The number of fused-ring (bicyclic) bond motifs is 1. The second-order valence-electron chi connectivity index (χ2n) is 9.07. The molecule has 3 heterocycles. The summed E-state index contributed by atoms with van der Waals surface area (Å²) in [7, 11) is -5.56. The molecule has 2 aromatic heterocycles. The number of hydrogen-bond donors (Lipinski definition) is 1. The van der Waals surface area contributed by atoms with Crippen LogP contribution < -0.4 is 10.3 Å². The molecule has 0 aliphatic carbocycles. The van der Waals surface area contributed by atoms with Crippen LogP contribution in [0.15, 0.2) is 41.6 Å². The number of pyridine rings is 1. The highest BCUT2D eigenvalue weighted by Crippen LogP contribution is 2.31. The summed E-state index contributed by atoms with van der Waals surface area (Å²) in [5.74, 6) is -1.92. The van der Waals surface area contributed by atoms with Crippen molar-refractivity contribution in [2.75, 3.05) is 18.1 Å². The fraction of sp³-hybridized carbons (Fsp3) is 0.375. The maximum Gasteiger partial charge on any atom is 0.516 e. The summed E-state index contributed by atoms with van der Waals surface area (Å²) in [6.45, 7) is 4.53. The Hall–Kier alpha value is -3.39. The van der Waals surface area contributed by atoms with Crippen LogP contribution in [0.3, 0.4) is 0 Å². The number of aryl methyl sites for hydroxylation is 1. The van der Waals surface area contributed by atoms with Gasteiger partial charge in [-0.1, -0.05) is 44.5 Å². The van der Waals surface area contributed by atoms with E-state index in [-0.39, 0.29) is 35.3 Å². The zero-order valence-corrected chi connectivity index (χ0v) is 22.7. The zero-order valence-electron chi connectivity index (χ0n) is 21.1. The van der Waals surface area contributed by atoms with E-state index in [4.69, 9.17) is 11.6 Å². The van der Waals surface area contributed by atoms with Gasteiger partial charge in [0, 0.05) is 18.7 Å². The number of amides is 1. The van der Waals surface area contributed by atoms with Crippen molar-refractivity contribution < 1.29 is 30.8 Å². The van der Waals surface area contributed by atoms with E-state index in [2.05, 4.69) is 15.4 Å². The Labute approximate surface area is 227 Å². The van der Waals surface area contributed by atoms with Crippen LogP contribution in [0, 0.1) is 11.7 Å². The minimum absolute atomic E-state index is 0.00444. The van der Waals surface area contributed by atoms with Gasteiger partial charge in [0.25, 0.3) is 5.91 Å². The molecule has 0 fully saturated rings. The zero-order chi connectivity index (χ0) is 28.7. The largest absolute Gasteiger partial charge is 0.516 e. The third-order valence-electron chi connectivity index (χ3n) is 6.04. The minimum atomic E-state index is -5.56. The van der Waals surface area contributed by atoms with Crippen molar-refractivity contribution in [3.8, 4) is 0 Å². The van der Waals surface area contributed by atoms with Gasteiger partial charge < -0.3 is 5.32 Å². The Morgan fingerprint density at radius 1 is 1.18 bits per heavy atom. The molecule has 1 aromatic carbocycles. The lowest BCUT2D eigenvalue weighted by atomic mass is 10.1. The molecule has 4 rings (SSSR count). The summed E-state index contributed by atoms with van der Waals surface area (Å²) in [5.41, 5.74) is -3.61. The minimum Gasteiger partial charge on any atom is -0.347 e. The maximum absolute atomic E-state index is 14.3. The quantitative estimate of drug-likeness (QED) is 0.408. The highest BCUT2D eigenvalue weighted by molar-refractivity contribution is 7.90. The Morgan fingerprint density at radius 2 is 1.85 bits per heavy atom. The number of carbonyl (C=O) groups is 1. The summed E-state index contributed by atoms with van der Waals surface area (Å²) >= 11 is 5.97. The number of rotatable bonds is 7. The van der Waals surface area contributed by atoms with E-state index in [0.717, 1.165) is 6.07 Å². The fourth-order valence-electron chi connectivity index (χ4n) is 4.14. The van der Waals surface area contributed by atoms with Gasteiger partial charge in [-0.05, 0) is 30.2 Å². The van der Waals surface area contributed by atoms with Crippen LogP contribution in [0.5, 0.6) is 0 Å². The first-order valence-electron chi connectivity index (χ1n) is 11.9. The molecule has 0 bridgehead atoms. The van der Waals surface area contributed by atoms with Crippen LogP contribution in [-0.4, -0.2) is 52.4 Å². The van der Waals surface area contributed by atoms with Crippen molar-refractivity contribution >= 4 is 44.7 Å². The molecule has 0 atom stereocenters. The molecule has 210 valence electrons. The molecule has 1 aliphatic heterocycles. The highest BCUT2D eigenvalue weighted by atomic mass is 35.5. The summed E-state index contributed by atoms with van der Waals surface area (Å²) in [4.78, 5) is 17.2. The number of hydrogen-bond acceptors (Lipinski definition) is 6. The smallest absolute Gasteiger partial charge is 0.347 e. The summed E-state index contributed by atoms with van der Waals surface area (Å²) in [5, 5.41) is 8.52. The number of halogens is 5.